The van der Waals surface area contributed by atoms with E-state index < -0.39 is 0 Å². The van der Waals surface area contributed by atoms with E-state index in [1.54, 1.807) is 6.20 Å². The maximum absolute atomic E-state index is 6.08. The molecule has 1 saturated carbocycles. The molecule has 0 aliphatic heterocycles. The summed E-state index contributed by atoms with van der Waals surface area (Å²) in [4.78, 5) is 4.25. The third kappa shape index (κ3) is 0.974. The molecule has 0 amide bonds. The van der Waals surface area contributed by atoms with Crippen molar-refractivity contribution in [2.24, 2.45) is 5.73 Å². The van der Waals surface area contributed by atoms with Crippen LogP contribution in [0.3, 0.4) is 0 Å². The van der Waals surface area contributed by atoms with Crippen LogP contribution in [0.2, 0.25) is 0 Å². The summed E-state index contributed by atoms with van der Waals surface area (Å²) in [5.74, 6) is 0. The molecular weight excluding hydrogens is 176 g/mol. The number of fused-ring (bicyclic) bond motifs is 1. The van der Waals surface area contributed by atoms with E-state index in [1.807, 2.05) is 23.6 Å². The van der Waals surface area contributed by atoms with Crippen molar-refractivity contribution in [3.8, 4) is 0 Å². The van der Waals surface area contributed by atoms with Gasteiger partial charge >= 0.3 is 0 Å². The van der Waals surface area contributed by atoms with Gasteiger partial charge in [0.15, 0.2) is 5.65 Å². The lowest BCUT2D eigenvalue weighted by atomic mass is 10.2. The van der Waals surface area contributed by atoms with E-state index in [1.165, 1.54) is 0 Å². The molecule has 0 atom stereocenters. The number of nitrogens with zero attached hydrogens (tertiary/aromatic N) is 3. The monoisotopic (exact) mass is 188 g/mol. The van der Waals surface area contributed by atoms with E-state index in [0.29, 0.717) is 0 Å². The summed E-state index contributed by atoms with van der Waals surface area (Å²) < 4.78 is 1.85. The van der Waals surface area contributed by atoms with Crippen LogP contribution in [-0.4, -0.2) is 14.6 Å². The molecule has 2 N–H and O–H groups in total. The van der Waals surface area contributed by atoms with Gasteiger partial charge in [-0.15, -0.1) is 0 Å². The fraction of sp³-hybridized carbons (Fsp3) is 0.400. The third-order valence-corrected chi connectivity index (χ3v) is 2.85. The van der Waals surface area contributed by atoms with Gasteiger partial charge in [0, 0.05) is 18.0 Å². The molecule has 4 heteroatoms. The highest BCUT2D eigenvalue weighted by Crippen LogP contribution is 2.41. The van der Waals surface area contributed by atoms with E-state index in [4.69, 9.17) is 5.73 Å². The molecule has 72 valence electrons. The molecular formula is C10H12N4. The first kappa shape index (κ1) is 7.94. The molecule has 3 rings (SSSR count). The van der Waals surface area contributed by atoms with Gasteiger partial charge in [0.05, 0.1) is 11.2 Å². The second-order valence-electron chi connectivity index (χ2n) is 4.04. The highest BCUT2D eigenvalue weighted by molar-refractivity contribution is 5.43. The zero-order valence-corrected chi connectivity index (χ0v) is 8.07. The van der Waals surface area contributed by atoms with Crippen LogP contribution >= 0.6 is 0 Å². The van der Waals surface area contributed by atoms with Gasteiger partial charge in [-0.2, -0.15) is 5.10 Å². The van der Waals surface area contributed by atoms with Crippen molar-refractivity contribution in [1.82, 2.24) is 14.6 Å². The first-order valence-electron chi connectivity index (χ1n) is 4.80. The Labute approximate surface area is 81.8 Å². The smallest absolute Gasteiger partial charge is 0.155 e. The van der Waals surface area contributed by atoms with Crippen LogP contribution in [0.25, 0.3) is 5.65 Å². The molecule has 2 aromatic rings. The van der Waals surface area contributed by atoms with E-state index >= 15 is 0 Å². The van der Waals surface area contributed by atoms with E-state index in [9.17, 15) is 0 Å². The predicted octanol–water partition coefficient (Wildman–Crippen LogP) is 0.986. The van der Waals surface area contributed by atoms with Crippen molar-refractivity contribution in [1.29, 1.82) is 0 Å². The molecule has 4 nitrogen and oxygen atoms in total. The lowest BCUT2D eigenvalue weighted by molar-refractivity contribution is 0.688. The van der Waals surface area contributed by atoms with Crippen LogP contribution in [0.1, 0.15) is 24.2 Å². The molecule has 2 aromatic heterocycles. The Kier molecular flexibility index (Phi) is 1.32. The van der Waals surface area contributed by atoms with Gasteiger partial charge in [-0.3, -0.25) is 0 Å². The van der Waals surface area contributed by atoms with E-state index in [2.05, 4.69) is 10.1 Å². The predicted molar refractivity (Wildman–Crippen MR) is 52.8 cm³/mol. The normalized spacial score (nSPS) is 18.7. The van der Waals surface area contributed by atoms with Gasteiger partial charge in [-0.1, -0.05) is 0 Å². The van der Waals surface area contributed by atoms with Crippen LogP contribution in [-0.2, 0) is 5.54 Å². The Morgan fingerprint density at radius 3 is 2.93 bits per heavy atom. The number of aryl methyl sites for hydroxylation is 1. The fourth-order valence-electron chi connectivity index (χ4n) is 1.65. The second kappa shape index (κ2) is 2.33. The van der Waals surface area contributed by atoms with Crippen molar-refractivity contribution >= 4 is 5.65 Å². The quantitative estimate of drug-likeness (QED) is 0.726. The standard InChI is InChI=1S/C10H12N4/c1-7-2-5-12-9-6-8(13-14(7)9)10(11)3-4-10/h2,5-6H,3-4,11H2,1H3. The molecule has 14 heavy (non-hydrogen) atoms. The third-order valence-electron chi connectivity index (χ3n) is 2.85. The number of nitrogens with two attached hydrogens (primary N) is 1. The molecule has 1 aliphatic rings. The largest absolute Gasteiger partial charge is 0.320 e. The first-order valence-corrected chi connectivity index (χ1v) is 4.80. The molecule has 1 fully saturated rings. The van der Waals surface area contributed by atoms with Crippen molar-refractivity contribution in [3.63, 3.8) is 0 Å². The van der Waals surface area contributed by atoms with Crippen LogP contribution in [0.4, 0.5) is 0 Å². The van der Waals surface area contributed by atoms with Gasteiger partial charge in [-0.25, -0.2) is 9.50 Å². The highest BCUT2D eigenvalue weighted by atomic mass is 15.3. The number of rotatable bonds is 1. The summed E-state index contributed by atoms with van der Waals surface area (Å²) in [6.45, 7) is 2.02. The van der Waals surface area contributed by atoms with Gasteiger partial charge in [0.1, 0.15) is 0 Å². The van der Waals surface area contributed by atoms with Gasteiger partial charge in [0.2, 0.25) is 0 Å². The minimum Gasteiger partial charge on any atom is -0.320 e. The minimum absolute atomic E-state index is 0.167. The second-order valence-corrected chi connectivity index (χ2v) is 4.04. The summed E-state index contributed by atoms with van der Waals surface area (Å²) in [6.07, 6.45) is 3.87. The SMILES string of the molecule is Cc1ccnc2cc(C3(N)CC3)nn12. The Hall–Kier alpha value is -1.42. The Morgan fingerprint density at radius 1 is 1.50 bits per heavy atom. The Morgan fingerprint density at radius 2 is 2.29 bits per heavy atom. The molecule has 0 bridgehead atoms. The average Bonchev–Trinajstić information content (AvgIpc) is 2.77. The van der Waals surface area contributed by atoms with Crippen molar-refractivity contribution in [3.05, 3.63) is 29.7 Å². The highest BCUT2D eigenvalue weighted by Gasteiger charge is 2.42. The Balaban J connectivity index is 2.25. The van der Waals surface area contributed by atoms with Gasteiger partial charge < -0.3 is 5.73 Å². The first-order chi connectivity index (χ1) is 6.69. The van der Waals surface area contributed by atoms with Crippen LogP contribution in [0.15, 0.2) is 18.3 Å². The van der Waals surface area contributed by atoms with E-state index in [0.717, 1.165) is 29.9 Å². The summed E-state index contributed by atoms with van der Waals surface area (Å²) in [5, 5.41) is 4.48. The number of hydrogen-bond acceptors (Lipinski definition) is 3. The zero-order valence-electron chi connectivity index (χ0n) is 8.07. The van der Waals surface area contributed by atoms with Crippen molar-refractivity contribution in [2.45, 2.75) is 25.3 Å². The maximum atomic E-state index is 6.08. The summed E-state index contributed by atoms with van der Waals surface area (Å²) in [6, 6.07) is 3.93. The molecule has 0 radical (unpaired) electrons. The molecule has 0 unspecified atom stereocenters. The Bertz CT molecular complexity index is 496. The van der Waals surface area contributed by atoms with Crippen molar-refractivity contribution < 1.29 is 0 Å². The topological polar surface area (TPSA) is 56.2 Å². The average molecular weight is 188 g/mol. The fourth-order valence-corrected chi connectivity index (χ4v) is 1.65. The number of aromatic nitrogens is 3. The van der Waals surface area contributed by atoms with E-state index in [-0.39, 0.29) is 5.54 Å². The lowest BCUT2D eigenvalue weighted by Crippen LogP contribution is -2.19. The summed E-state index contributed by atoms with van der Waals surface area (Å²) in [7, 11) is 0. The van der Waals surface area contributed by atoms with Crippen LogP contribution < -0.4 is 5.73 Å². The maximum Gasteiger partial charge on any atom is 0.155 e. The molecule has 0 aromatic carbocycles. The molecule has 0 spiro atoms. The zero-order chi connectivity index (χ0) is 9.76. The molecule has 1 aliphatic carbocycles. The van der Waals surface area contributed by atoms with Gasteiger partial charge in [0.25, 0.3) is 0 Å². The van der Waals surface area contributed by atoms with Gasteiger partial charge in [-0.05, 0) is 25.8 Å². The van der Waals surface area contributed by atoms with Crippen LogP contribution in [0.5, 0.6) is 0 Å². The van der Waals surface area contributed by atoms with Crippen molar-refractivity contribution in [2.75, 3.05) is 0 Å². The number of hydrogen-bond donors (Lipinski definition) is 1. The summed E-state index contributed by atoms with van der Waals surface area (Å²) >= 11 is 0. The van der Waals surface area contributed by atoms with Crippen LogP contribution in [0, 0.1) is 6.92 Å². The lowest BCUT2D eigenvalue weighted by Gasteiger charge is -2.01. The molecule has 0 saturated heterocycles. The molecule has 2 heterocycles. The minimum atomic E-state index is -0.167. The summed E-state index contributed by atoms with van der Waals surface area (Å²) in [5.41, 5.74) is 8.86.